The lowest BCUT2D eigenvalue weighted by Gasteiger charge is -2.29. The van der Waals surface area contributed by atoms with E-state index in [-0.39, 0.29) is 11.4 Å². The first kappa shape index (κ1) is 18.2. The molecule has 0 saturated carbocycles. The summed E-state index contributed by atoms with van der Waals surface area (Å²) in [6, 6.07) is 8.22. The van der Waals surface area contributed by atoms with Gasteiger partial charge in [0, 0.05) is 24.6 Å². The van der Waals surface area contributed by atoms with Crippen molar-refractivity contribution in [2.45, 2.75) is 32.9 Å². The van der Waals surface area contributed by atoms with Crippen LogP contribution in [-0.4, -0.2) is 26.9 Å². The number of rotatable bonds is 4. The van der Waals surface area contributed by atoms with Gasteiger partial charge in [-0.05, 0) is 42.9 Å². The largest absolute Gasteiger partial charge is 0.388 e. The molecule has 0 atom stereocenters. The number of ketones is 1. The minimum Gasteiger partial charge on any atom is -0.388 e. The summed E-state index contributed by atoms with van der Waals surface area (Å²) >= 11 is 0. The summed E-state index contributed by atoms with van der Waals surface area (Å²) in [5.41, 5.74) is 2.93. The molecule has 0 aromatic heterocycles. The van der Waals surface area contributed by atoms with Crippen LogP contribution in [0.5, 0.6) is 0 Å². The summed E-state index contributed by atoms with van der Waals surface area (Å²) in [6.45, 7) is 5.53. The van der Waals surface area contributed by atoms with Gasteiger partial charge in [0.05, 0.1) is 11.2 Å². The normalized spacial score (nSPS) is 17.9. The van der Waals surface area contributed by atoms with E-state index in [1.807, 2.05) is 60.1 Å². The molecule has 0 bridgehead atoms. The van der Waals surface area contributed by atoms with Gasteiger partial charge in [0.25, 0.3) is 0 Å². The number of nitriles is 1. The van der Waals surface area contributed by atoms with Crippen LogP contribution in [0.15, 0.2) is 23.8 Å². The Morgan fingerprint density at radius 1 is 1.21 bits per heavy atom. The molecule has 0 spiro atoms. The lowest BCUT2D eigenvalue weighted by Crippen LogP contribution is -2.49. The second-order valence-corrected chi connectivity index (χ2v) is 7.14. The van der Waals surface area contributed by atoms with Crippen molar-refractivity contribution in [3.05, 3.63) is 34.9 Å². The van der Waals surface area contributed by atoms with Crippen molar-refractivity contribution in [3.63, 3.8) is 0 Å². The Bertz CT molecular complexity index is 731. The highest BCUT2D eigenvalue weighted by Crippen LogP contribution is 2.45. The lowest BCUT2D eigenvalue weighted by molar-refractivity contribution is -0.122. The standard InChI is InChI=1S/C19H26N4O/c1-18(2,3)17(24)15(11-20)14-10-19(22-5,23-6)16-8-7-12(21-4)9-13(14)16/h7-9,21-23H,10H2,1-6H3. The zero-order valence-corrected chi connectivity index (χ0v) is 15.3. The Hall–Kier alpha value is -2.16. The Labute approximate surface area is 144 Å². The zero-order chi connectivity index (χ0) is 18.1. The molecule has 1 aliphatic rings. The lowest BCUT2D eigenvalue weighted by atomic mass is 9.84. The molecule has 0 aliphatic heterocycles. The van der Waals surface area contributed by atoms with Crippen LogP contribution in [0.4, 0.5) is 5.69 Å². The van der Waals surface area contributed by atoms with E-state index in [1.165, 1.54) is 0 Å². The Kier molecular flexibility index (Phi) is 4.84. The topological polar surface area (TPSA) is 77.0 Å². The maximum absolute atomic E-state index is 12.8. The molecule has 0 unspecified atom stereocenters. The smallest absolute Gasteiger partial charge is 0.178 e. The highest BCUT2D eigenvalue weighted by molar-refractivity contribution is 6.09. The van der Waals surface area contributed by atoms with Crippen molar-refractivity contribution >= 4 is 17.0 Å². The van der Waals surface area contributed by atoms with E-state index in [4.69, 9.17) is 0 Å². The van der Waals surface area contributed by atoms with Crippen LogP contribution in [0.25, 0.3) is 5.57 Å². The number of anilines is 1. The molecule has 0 amide bonds. The molecular formula is C19H26N4O. The van der Waals surface area contributed by atoms with E-state index >= 15 is 0 Å². The second-order valence-electron chi connectivity index (χ2n) is 7.14. The fourth-order valence-corrected chi connectivity index (χ4v) is 3.20. The van der Waals surface area contributed by atoms with E-state index in [0.717, 1.165) is 22.4 Å². The number of allylic oxidation sites excluding steroid dienone is 1. The molecule has 0 saturated heterocycles. The molecular weight excluding hydrogens is 300 g/mol. The Balaban J connectivity index is 2.77. The molecule has 0 radical (unpaired) electrons. The fraction of sp³-hybridized carbons (Fsp3) is 0.474. The van der Waals surface area contributed by atoms with Crippen molar-refractivity contribution in [1.82, 2.24) is 10.6 Å². The summed E-state index contributed by atoms with van der Waals surface area (Å²) in [5.74, 6) is -0.121. The third-order valence-electron chi connectivity index (χ3n) is 4.71. The monoisotopic (exact) mass is 326 g/mol. The summed E-state index contributed by atoms with van der Waals surface area (Å²) in [6.07, 6.45) is 0.549. The first-order chi connectivity index (χ1) is 11.2. The van der Waals surface area contributed by atoms with Gasteiger partial charge >= 0.3 is 0 Å². The van der Waals surface area contributed by atoms with E-state index in [1.54, 1.807) is 0 Å². The molecule has 2 rings (SSSR count). The summed E-state index contributed by atoms with van der Waals surface area (Å²) in [7, 11) is 5.62. The third kappa shape index (κ3) is 2.83. The van der Waals surface area contributed by atoms with Crippen molar-refractivity contribution in [3.8, 4) is 6.07 Å². The van der Waals surface area contributed by atoms with Gasteiger partial charge in [-0.3, -0.25) is 15.4 Å². The van der Waals surface area contributed by atoms with E-state index in [0.29, 0.717) is 6.42 Å². The third-order valence-corrected chi connectivity index (χ3v) is 4.71. The zero-order valence-electron chi connectivity index (χ0n) is 15.3. The molecule has 128 valence electrons. The fourth-order valence-electron chi connectivity index (χ4n) is 3.20. The van der Waals surface area contributed by atoms with Crippen molar-refractivity contribution in [2.24, 2.45) is 5.41 Å². The SMILES string of the molecule is CNc1ccc2c(c1)C(=C(C#N)C(=O)C(C)(C)C)CC2(NC)NC. The van der Waals surface area contributed by atoms with Crippen LogP contribution in [0, 0.1) is 16.7 Å². The van der Waals surface area contributed by atoms with E-state index in [2.05, 4.69) is 22.0 Å². The van der Waals surface area contributed by atoms with Crippen LogP contribution >= 0.6 is 0 Å². The first-order valence-corrected chi connectivity index (χ1v) is 8.12. The van der Waals surface area contributed by atoms with Crippen molar-refractivity contribution < 1.29 is 4.79 Å². The number of nitrogens with zero attached hydrogens (tertiary/aromatic N) is 1. The quantitative estimate of drug-likeness (QED) is 0.450. The van der Waals surface area contributed by atoms with Gasteiger partial charge in [-0.2, -0.15) is 5.26 Å². The van der Waals surface area contributed by atoms with Crippen molar-refractivity contribution in [1.29, 1.82) is 5.26 Å². The van der Waals surface area contributed by atoms with Gasteiger partial charge in [0.2, 0.25) is 0 Å². The average Bonchev–Trinajstić information content (AvgIpc) is 2.89. The molecule has 3 N–H and O–H groups in total. The minimum atomic E-state index is -0.594. The molecule has 5 heteroatoms. The molecule has 0 heterocycles. The molecule has 1 aromatic rings. The van der Waals surface area contributed by atoms with Gasteiger partial charge < -0.3 is 5.32 Å². The van der Waals surface area contributed by atoms with Crippen LogP contribution in [-0.2, 0) is 10.5 Å². The van der Waals surface area contributed by atoms with Gasteiger partial charge in [-0.25, -0.2) is 0 Å². The predicted molar refractivity (Wildman–Crippen MR) is 97.4 cm³/mol. The maximum atomic E-state index is 12.8. The number of hydrogen-bond acceptors (Lipinski definition) is 5. The molecule has 0 fully saturated rings. The molecule has 1 aliphatic carbocycles. The van der Waals surface area contributed by atoms with Crippen molar-refractivity contribution in [2.75, 3.05) is 26.5 Å². The highest BCUT2D eigenvalue weighted by atomic mass is 16.1. The van der Waals surface area contributed by atoms with Crippen LogP contribution in [0.2, 0.25) is 0 Å². The molecule has 24 heavy (non-hydrogen) atoms. The van der Waals surface area contributed by atoms with Gasteiger partial charge in [0.15, 0.2) is 5.78 Å². The maximum Gasteiger partial charge on any atom is 0.178 e. The second kappa shape index (κ2) is 6.39. The Morgan fingerprint density at radius 2 is 1.83 bits per heavy atom. The molecule has 5 nitrogen and oxygen atoms in total. The van der Waals surface area contributed by atoms with Crippen LogP contribution in [0.1, 0.15) is 38.3 Å². The van der Waals surface area contributed by atoms with Gasteiger partial charge in [-0.15, -0.1) is 0 Å². The predicted octanol–water partition coefficient (Wildman–Crippen LogP) is 2.62. The summed E-state index contributed by atoms with van der Waals surface area (Å²) in [4.78, 5) is 12.8. The highest BCUT2D eigenvalue weighted by Gasteiger charge is 2.42. The number of hydrogen-bond donors (Lipinski definition) is 3. The average molecular weight is 326 g/mol. The van der Waals surface area contributed by atoms with Crippen LogP contribution < -0.4 is 16.0 Å². The number of carbonyl (C=O) groups excluding carboxylic acids is 1. The number of Topliss-reactive ketones (excluding diaryl/α,β-unsaturated/α-hetero) is 1. The number of benzene rings is 1. The number of fused-ring (bicyclic) bond motifs is 1. The summed E-state index contributed by atoms with van der Waals surface area (Å²) in [5, 5.41) is 19.5. The Morgan fingerprint density at radius 3 is 2.29 bits per heavy atom. The molecule has 1 aromatic carbocycles. The first-order valence-electron chi connectivity index (χ1n) is 8.12. The number of carbonyl (C=O) groups is 1. The number of nitrogens with one attached hydrogen (secondary N) is 3. The van der Waals surface area contributed by atoms with E-state index in [9.17, 15) is 10.1 Å². The van der Waals surface area contributed by atoms with Gasteiger partial charge in [-0.1, -0.05) is 26.8 Å². The van der Waals surface area contributed by atoms with E-state index < -0.39 is 11.1 Å². The summed E-state index contributed by atoms with van der Waals surface area (Å²) < 4.78 is 0. The van der Waals surface area contributed by atoms with Crippen LogP contribution in [0.3, 0.4) is 0 Å². The van der Waals surface area contributed by atoms with Gasteiger partial charge in [0.1, 0.15) is 6.07 Å². The minimum absolute atomic E-state index is 0.121.